The van der Waals surface area contributed by atoms with Crippen LogP contribution < -0.4 is 4.90 Å². The Morgan fingerprint density at radius 1 is 1.19 bits per heavy atom. The Morgan fingerprint density at radius 2 is 2.08 bits per heavy atom. The molecule has 0 saturated heterocycles. The van der Waals surface area contributed by atoms with Crippen molar-refractivity contribution < 1.29 is 4.52 Å². The van der Waals surface area contributed by atoms with Crippen LogP contribution in [-0.2, 0) is 6.54 Å². The number of fused-ring (bicyclic) bond motifs is 1. The van der Waals surface area contributed by atoms with Gasteiger partial charge in [0.15, 0.2) is 11.4 Å². The van der Waals surface area contributed by atoms with Gasteiger partial charge in [0.2, 0.25) is 0 Å². The van der Waals surface area contributed by atoms with Crippen LogP contribution in [0.4, 0.5) is 5.82 Å². The summed E-state index contributed by atoms with van der Waals surface area (Å²) in [6.45, 7) is 4.84. The highest BCUT2D eigenvalue weighted by Crippen LogP contribution is 2.24. The molecule has 0 radical (unpaired) electrons. The monoisotopic (exact) mass is 348 g/mol. The van der Waals surface area contributed by atoms with Gasteiger partial charge >= 0.3 is 0 Å². The molecule has 4 aromatic heterocycles. The summed E-state index contributed by atoms with van der Waals surface area (Å²) in [7, 11) is 2.01. The average molecular weight is 348 g/mol. The van der Waals surface area contributed by atoms with Gasteiger partial charge < -0.3 is 9.42 Å². The molecule has 7 nitrogen and oxygen atoms in total. The topological polar surface area (TPSA) is 72.4 Å². The Labute approximate surface area is 151 Å². The van der Waals surface area contributed by atoms with Crippen LogP contribution in [-0.4, -0.2) is 31.8 Å². The molecular weight excluding hydrogens is 328 g/mol. The second kappa shape index (κ2) is 6.59. The summed E-state index contributed by atoms with van der Waals surface area (Å²) in [5.74, 6) is 2.07. The van der Waals surface area contributed by atoms with Gasteiger partial charge in [0.05, 0.1) is 12.7 Å². The van der Waals surface area contributed by atoms with Crippen LogP contribution in [0.1, 0.15) is 31.2 Å². The lowest BCUT2D eigenvalue weighted by molar-refractivity contribution is 0.384. The highest BCUT2D eigenvalue weighted by Gasteiger charge is 2.15. The van der Waals surface area contributed by atoms with E-state index in [1.807, 2.05) is 35.8 Å². The number of pyridine rings is 1. The molecule has 0 atom stereocenters. The maximum absolute atomic E-state index is 5.52. The van der Waals surface area contributed by atoms with Crippen molar-refractivity contribution in [2.45, 2.75) is 26.3 Å². The molecule has 0 bridgehead atoms. The average Bonchev–Trinajstić information content (AvgIpc) is 3.30. The Bertz CT molecular complexity index is 1020. The van der Waals surface area contributed by atoms with E-state index in [9.17, 15) is 0 Å². The van der Waals surface area contributed by atoms with Gasteiger partial charge in [-0.05, 0) is 18.1 Å². The maximum atomic E-state index is 5.52. The number of rotatable bonds is 5. The van der Waals surface area contributed by atoms with E-state index in [1.165, 1.54) is 0 Å². The maximum Gasteiger partial charge on any atom is 0.157 e. The summed E-state index contributed by atoms with van der Waals surface area (Å²) in [4.78, 5) is 10.9. The molecule has 4 aromatic rings. The fraction of sp³-hybridized carbons (Fsp3) is 0.263. The summed E-state index contributed by atoms with van der Waals surface area (Å²) in [6.07, 6.45) is 5.28. The van der Waals surface area contributed by atoms with Crippen LogP contribution in [0, 0.1) is 0 Å². The van der Waals surface area contributed by atoms with Gasteiger partial charge in [-0.25, -0.2) is 4.98 Å². The first-order valence-electron chi connectivity index (χ1n) is 8.53. The SMILES string of the molecule is CC(C)c1cc(N(C)Cc2cc(-c3cccnc3)no2)n2nccc2n1. The van der Waals surface area contributed by atoms with Crippen molar-refractivity contribution in [3.05, 3.63) is 60.4 Å². The third-order valence-electron chi connectivity index (χ3n) is 4.25. The number of hydrogen-bond donors (Lipinski definition) is 0. The standard InChI is InChI=1S/C19H20N6O/c1-13(2)16-10-19(25-18(22-16)6-8-21-25)24(3)12-15-9-17(23-26-15)14-5-4-7-20-11-14/h4-11,13H,12H2,1-3H3. The van der Waals surface area contributed by atoms with Crippen molar-refractivity contribution in [1.82, 2.24) is 24.7 Å². The van der Waals surface area contributed by atoms with Crippen LogP contribution in [0.25, 0.3) is 16.9 Å². The zero-order valence-corrected chi connectivity index (χ0v) is 15.0. The van der Waals surface area contributed by atoms with E-state index in [1.54, 1.807) is 18.6 Å². The molecule has 0 aliphatic rings. The van der Waals surface area contributed by atoms with Crippen molar-refractivity contribution in [2.75, 3.05) is 11.9 Å². The molecule has 0 aliphatic heterocycles. The molecule has 0 aromatic carbocycles. The van der Waals surface area contributed by atoms with Gasteiger partial charge in [0.1, 0.15) is 11.5 Å². The van der Waals surface area contributed by atoms with Gasteiger partial charge in [-0.1, -0.05) is 19.0 Å². The van der Waals surface area contributed by atoms with E-state index in [0.29, 0.717) is 12.5 Å². The fourth-order valence-electron chi connectivity index (χ4n) is 2.84. The van der Waals surface area contributed by atoms with E-state index >= 15 is 0 Å². The lowest BCUT2D eigenvalue weighted by Crippen LogP contribution is -2.20. The van der Waals surface area contributed by atoms with Gasteiger partial charge in [-0.15, -0.1) is 0 Å². The highest BCUT2D eigenvalue weighted by molar-refractivity contribution is 5.57. The van der Waals surface area contributed by atoms with E-state index < -0.39 is 0 Å². The Balaban J connectivity index is 1.63. The van der Waals surface area contributed by atoms with E-state index in [2.05, 4.69) is 45.0 Å². The summed E-state index contributed by atoms with van der Waals surface area (Å²) < 4.78 is 7.36. The number of hydrogen-bond acceptors (Lipinski definition) is 6. The number of anilines is 1. The molecular formula is C19H20N6O. The van der Waals surface area contributed by atoms with Crippen molar-refractivity contribution >= 4 is 11.5 Å². The van der Waals surface area contributed by atoms with E-state index in [0.717, 1.165) is 34.2 Å². The zero-order chi connectivity index (χ0) is 18.1. The molecule has 0 spiro atoms. The summed E-state index contributed by atoms with van der Waals surface area (Å²) >= 11 is 0. The first kappa shape index (κ1) is 16.3. The largest absolute Gasteiger partial charge is 0.359 e. The Hall–Kier alpha value is -3.22. The minimum atomic E-state index is 0.338. The predicted molar refractivity (Wildman–Crippen MR) is 98.9 cm³/mol. The molecule has 0 unspecified atom stereocenters. The van der Waals surface area contributed by atoms with Crippen LogP contribution in [0.2, 0.25) is 0 Å². The minimum Gasteiger partial charge on any atom is -0.359 e. The first-order valence-corrected chi connectivity index (χ1v) is 8.53. The van der Waals surface area contributed by atoms with Gasteiger partial charge in [0, 0.05) is 48.9 Å². The Kier molecular flexibility index (Phi) is 4.12. The quantitative estimate of drug-likeness (QED) is 0.549. The van der Waals surface area contributed by atoms with Crippen LogP contribution in [0.3, 0.4) is 0 Å². The van der Waals surface area contributed by atoms with Crippen molar-refractivity contribution in [1.29, 1.82) is 0 Å². The molecule has 4 rings (SSSR count). The molecule has 4 heterocycles. The van der Waals surface area contributed by atoms with Crippen molar-refractivity contribution in [2.24, 2.45) is 0 Å². The van der Waals surface area contributed by atoms with Crippen molar-refractivity contribution in [3.8, 4) is 11.3 Å². The molecule has 0 amide bonds. The smallest absolute Gasteiger partial charge is 0.157 e. The lowest BCUT2D eigenvalue weighted by atomic mass is 10.1. The molecule has 132 valence electrons. The van der Waals surface area contributed by atoms with E-state index in [-0.39, 0.29) is 0 Å². The summed E-state index contributed by atoms with van der Waals surface area (Å²) in [6, 6.07) is 9.78. The van der Waals surface area contributed by atoms with Crippen LogP contribution in [0.5, 0.6) is 0 Å². The van der Waals surface area contributed by atoms with Crippen LogP contribution >= 0.6 is 0 Å². The third kappa shape index (κ3) is 3.03. The first-order chi connectivity index (χ1) is 12.6. The van der Waals surface area contributed by atoms with Crippen molar-refractivity contribution in [3.63, 3.8) is 0 Å². The normalized spacial score (nSPS) is 11.4. The molecule has 0 fully saturated rings. The van der Waals surface area contributed by atoms with E-state index in [4.69, 9.17) is 4.52 Å². The zero-order valence-electron chi connectivity index (χ0n) is 15.0. The second-order valence-electron chi connectivity index (χ2n) is 6.57. The molecule has 7 heteroatoms. The van der Waals surface area contributed by atoms with Gasteiger partial charge in [-0.2, -0.15) is 9.61 Å². The lowest BCUT2D eigenvalue weighted by Gasteiger charge is -2.20. The second-order valence-corrected chi connectivity index (χ2v) is 6.57. The van der Waals surface area contributed by atoms with Gasteiger partial charge in [-0.3, -0.25) is 4.98 Å². The molecule has 0 aliphatic carbocycles. The predicted octanol–water partition coefficient (Wildman–Crippen LogP) is 3.54. The summed E-state index contributed by atoms with van der Waals surface area (Å²) in [5, 5.41) is 8.55. The van der Waals surface area contributed by atoms with Crippen LogP contribution in [0.15, 0.2) is 53.4 Å². The number of aromatic nitrogens is 5. The fourth-order valence-corrected chi connectivity index (χ4v) is 2.84. The third-order valence-corrected chi connectivity index (χ3v) is 4.25. The minimum absolute atomic E-state index is 0.338. The number of nitrogens with zero attached hydrogens (tertiary/aromatic N) is 6. The summed E-state index contributed by atoms with van der Waals surface area (Å²) in [5.41, 5.74) is 3.59. The van der Waals surface area contributed by atoms with Gasteiger partial charge in [0.25, 0.3) is 0 Å². The molecule has 0 N–H and O–H groups in total. The molecule has 0 saturated carbocycles. The highest BCUT2D eigenvalue weighted by atomic mass is 16.5. The molecule has 26 heavy (non-hydrogen) atoms. The Morgan fingerprint density at radius 3 is 2.85 bits per heavy atom.